The van der Waals surface area contributed by atoms with E-state index in [4.69, 9.17) is 0 Å². The van der Waals surface area contributed by atoms with Crippen molar-refractivity contribution in [2.75, 3.05) is 13.1 Å². The standard InChI is InChI=1S/C12H26N2O3S/c1-10(2)8-13-18(16,17)14-9-12(15)6-4-5-11(3)7-12/h10-11,13-15H,4-9H2,1-3H3. The molecule has 1 saturated carbocycles. The summed E-state index contributed by atoms with van der Waals surface area (Å²) in [5.41, 5.74) is -0.885. The van der Waals surface area contributed by atoms with E-state index in [0.717, 1.165) is 12.8 Å². The van der Waals surface area contributed by atoms with Crippen LogP contribution in [0.1, 0.15) is 46.5 Å². The molecule has 0 amide bonds. The molecule has 0 heterocycles. The van der Waals surface area contributed by atoms with Gasteiger partial charge in [0.1, 0.15) is 0 Å². The zero-order valence-corrected chi connectivity index (χ0v) is 12.4. The molecule has 0 aromatic carbocycles. The second kappa shape index (κ2) is 6.32. The predicted octanol–water partition coefficient (Wildman–Crippen LogP) is 1.01. The van der Waals surface area contributed by atoms with Gasteiger partial charge in [-0.05, 0) is 24.7 Å². The minimum atomic E-state index is -3.49. The number of rotatable bonds is 6. The monoisotopic (exact) mass is 278 g/mol. The lowest BCUT2D eigenvalue weighted by Crippen LogP contribution is -2.49. The molecule has 108 valence electrons. The first kappa shape index (κ1) is 15.9. The molecule has 0 aromatic rings. The van der Waals surface area contributed by atoms with Crippen molar-refractivity contribution >= 4 is 10.2 Å². The van der Waals surface area contributed by atoms with Gasteiger partial charge in [0.05, 0.1) is 5.60 Å². The van der Waals surface area contributed by atoms with Crippen molar-refractivity contribution in [2.45, 2.75) is 52.1 Å². The summed E-state index contributed by atoms with van der Waals surface area (Å²) in [5, 5.41) is 10.3. The summed E-state index contributed by atoms with van der Waals surface area (Å²) in [7, 11) is -3.49. The van der Waals surface area contributed by atoms with Gasteiger partial charge in [0.15, 0.2) is 0 Å². The van der Waals surface area contributed by atoms with Crippen LogP contribution in [0.3, 0.4) is 0 Å². The molecule has 5 nitrogen and oxygen atoms in total. The van der Waals surface area contributed by atoms with E-state index in [2.05, 4.69) is 16.4 Å². The van der Waals surface area contributed by atoms with Crippen LogP contribution < -0.4 is 9.44 Å². The van der Waals surface area contributed by atoms with E-state index in [1.54, 1.807) is 0 Å². The molecule has 2 unspecified atom stereocenters. The second-order valence-corrected chi connectivity index (χ2v) is 7.58. The van der Waals surface area contributed by atoms with Gasteiger partial charge >= 0.3 is 0 Å². The topological polar surface area (TPSA) is 78.4 Å². The van der Waals surface area contributed by atoms with Crippen molar-refractivity contribution in [3.63, 3.8) is 0 Å². The normalized spacial score (nSPS) is 29.7. The Bertz CT molecular complexity index is 356. The predicted molar refractivity (Wildman–Crippen MR) is 72.3 cm³/mol. The summed E-state index contributed by atoms with van der Waals surface area (Å²) < 4.78 is 28.3. The molecule has 1 fully saturated rings. The van der Waals surface area contributed by atoms with Crippen LogP contribution in [0, 0.1) is 11.8 Å². The van der Waals surface area contributed by atoms with Gasteiger partial charge < -0.3 is 5.11 Å². The quantitative estimate of drug-likeness (QED) is 0.678. The van der Waals surface area contributed by atoms with Crippen LogP contribution in [0.15, 0.2) is 0 Å². The zero-order chi connectivity index (χ0) is 13.8. The largest absolute Gasteiger partial charge is 0.389 e. The summed E-state index contributed by atoms with van der Waals surface area (Å²) in [4.78, 5) is 0. The maximum Gasteiger partial charge on any atom is 0.277 e. The highest BCUT2D eigenvalue weighted by Gasteiger charge is 2.33. The Kier molecular flexibility index (Phi) is 5.58. The van der Waals surface area contributed by atoms with Crippen LogP contribution in [-0.2, 0) is 10.2 Å². The van der Waals surface area contributed by atoms with Crippen LogP contribution in [0.25, 0.3) is 0 Å². The van der Waals surface area contributed by atoms with E-state index in [1.165, 1.54) is 0 Å². The third-order valence-electron chi connectivity index (χ3n) is 3.34. The molecule has 0 spiro atoms. The van der Waals surface area contributed by atoms with Crippen molar-refractivity contribution in [1.29, 1.82) is 0 Å². The van der Waals surface area contributed by atoms with Gasteiger partial charge in [0.2, 0.25) is 0 Å². The molecular formula is C12H26N2O3S. The van der Waals surface area contributed by atoms with Gasteiger partial charge in [0.25, 0.3) is 10.2 Å². The Labute approximate surface area is 111 Å². The zero-order valence-electron chi connectivity index (χ0n) is 11.6. The van der Waals surface area contributed by atoms with Crippen LogP contribution in [0.2, 0.25) is 0 Å². The van der Waals surface area contributed by atoms with E-state index in [-0.39, 0.29) is 12.5 Å². The first-order valence-corrected chi connectivity index (χ1v) is 8.17. The highest BCUT2D eigenvalue weighted by Crippen LogP contribution is 2.31. The molecule has 1 rings (SSSR count). The maximum atomic E-state index is 11.7. The van der Waals surface area contributed by atoms with Crippen molar-refractivity contribution in [3.05, 3.63) is 0 Å². The third-order valence-corrected chi connectivity index (χ3v) is 4.41. The fourth-order valence-electron chi connectivity index (χ4n) is 2.35. The lowest BCUT2D eigenvalue weighted by atomic mass is 9.79. The Hall–Kier alpha value is -0.170. The molecule has 3 N–H and O–H groups in total. The van der Waals surface area contributed by atoms with Crippen LogP contribution in [-0.4, -0.2) is 32.2 Å². The Balaban J connectivity index is 2.43. The smallest absolute Gasteiger partial charge is 0.277 e. The van der Waals surface area contributed by atoms with E-state index in [0.29, 0.717) is 25.3 Å². The van der Waals surface area contributed by atoms with Crippen molar-refractivity contribution in [3.8, 4) is 0 Å². The lowest BCUT2D eigenvalue weighted by Gasteiger charge is -2.35. The second-order valence-electron chi connectivity index (χ2n) is 5.99. The van der Waals surface area contributed by atoms with Crippen molar-refractivity contribution < 1.29 is 13.5 Å². The summed E-state index contributed by atoms with van der Waals surface area (Å²) in [5.74, 6) is 0.719. The van der Waals surface area contributed by atoms with Crippen LogP contribution in [0.5, 0.6) is 0 Å². The van der Waals surface area contributed by atoms with E-state index in [9.17, 15) is 13.5 Å². The number of nitrogens with one attached hydrogen (secondary N) is 2. The highest BCUT2D eigenvalue weighted by molar-refractivity contribution is 7.87. The van der Waals surface area contributed by atoms with Gasteiger partial charge in [-0.3, -0.25) is 0 Å². The van der Waals surface area contributed by atoms with Crippen molar-refractivity contribution in [2.24, 2.45) is 11.8 Å². The van der Waals surface area contributed by atoms with E-state index < -0.39 is 15.8 Å². The SMILES string of the molecule is CC(C)CNS(=O)(=O)NCC1(O)CCCC(C)C1. The molecule has 0 bridgehead atoms. The molecule has 0 aliphatic heterocycles. The van der Waals surface area contributed by atoms with E-state index >= 15 is 0 Å². The van der Waals surface area contributed by atoms with Crippen molar-refractivity contribution in [1.82, 2.24) is 9.44 Å². The van der Waals surface area contributed by atoms with Gasteiger partial charge in [-0.15, -0.1) is 0 Å². The fraction of sp³-hybridized carbons (Fsp3) is 1.00. The molecule has 0 radical (unpaired) electrons. The van der Waals surface area contributed by atoms with Gasteiger partial charge in [-0.1, -0.05) is 33.6 Å². The minimum Gasteiger partial charge on any atom is -0.389 e. The van der Waals surface area contributed by atoms with Gasteiger partial charge in [-0.2, -0.15) is 13.1 Å². The molecule has 1 aliphatic carbocycles. The first-order valence-electron chi connectivity index (χ1n) is 6.69. The molecule has 18 heavy (non-hydrogen) atoms. The molecule has 1 aliphatic rings. The average Bonchev–Trinajstić information content (AvgIpc) is 2.24. The summed E-state index contributed by atoms with van der Waals surface area (Å²) >= 11 is 0. The van der Waals surface area contributed by atoms with Gasteiger partial charge in [0, 0.05) is 13.1 Å². The summed E-state index contributed by atoms with van der Waals surface area (Å²) in [6.45, 7) is 6.49. The Morgan fingerprint density at radius 1 is 1.39 bits per heavy atom. The van der Waals surface area contributed by atoms with E-state index in [1.807, 2.05) is 13.8 Å². The molecule has 0 saturated heterocycles. The Morgan fingerprint density at radius 2 is 2.06 bits per heavy atom. The molecule has 2 atom stereocenters. The number of aliphatic hydroxyl groups is 1. The van der Waals surface area contributed by atoms with Crippen LogP contribution >= 0.6 is 0 Å². The summed E-state index contributed by atoms with van der Waals surface area (Å²) in [6, 6.07) is 0. The number of hydrogen-bond donors (Lipinski definition) is 3. The first-order chi connectivity index (χ1) is 8.22. The summed E-state index contributed by atoms with van der Waals surface area (Å²) in [6.07, 6.45) is 3.41. The maximum absolute atomic E-state index is 11.7. The fourth-order valence-corrected chi connectivity index (χ4v) is 3.46. The average molecular weight is 278 g/mol. The molecule has 6 heteroatoms. The molecule has 0 aromatic heterocycles. The number of hydrogen-bond acceptors (Lipinski definition) is 3. The lowest BCUT2D eigenvalue weighted by molar-refractivity contribution is -0.00757. The van der Waals surface area contributed by atoms with Gasteiger partial charge in [-0.25, -0.2) is 4.72 Å². The highest BCUT2D eigenvalue weighted by atomic mass is 32.2. The third kappa shape index (κ3) is 5.65. The van der Waals surface area contributed by atoms with Crippen LogP contribution in [0.4, 0.5) is 0 Å². The Morgan fingerprint density at radius 3 is 2.61 bits per heavy atom. The minimum absolute atomic E-state index is 0.102. The molecular weight excluding hydrogens is 252 g/mol.